The number of hydrogen-bond donors (Lipinski definition) is 1. The fourth-order valence-corrected chi connectivity index (χ4v) is 5.13. The summed E-state index contributed by atoms with van der Waals surface area (Å²) in [5.74, 6) is 0.472. The Hall–Kier alpha value is -0.340. The fraction of sp³-hybridized carbons (Fsp3) is 0.875. The highest BCUT2D eigenvalue weighted by Gasteiger charge is 2.58. The van der Waals surface area contributed by atoms with E-state index >= 15 is 0 Å². The van der Waals surface area contributed by atoms with Gasteiger partial charge in [0.25, 0.3) is 0 Å². The highest BCUT2D eigenvalue weighted by molar-refractivity contribution is 5.31. The van der Waals surface area contributed by atoms with Gasteiger partial charge in [-0.3, -0.25) is 0 Å². The summed E-state index contributed by atoms with van der Waals surface area (Å²) in [5, 5.41) is 9.91. The molecule has 0 bridgehead atoms. The largest absolute Gasteiger partial charge is 0.368 e. The Morgan fingerprint density at radius 2 is 1.94 bits per heavy atom. The van der Waals surface area contributed by atoms with Crippen LogP contribution in [0.15, 0.2) is 11.6 Å². The van der Waals surface area contributed by atoms with Crippen molar-refractivity contribution < 1.29 is 9.84 Å². The Labute approximate surface area is 110 Å². The summed E-state index contributed by atoms with van der Waals surface area (Å²) in [5.41, 5.74) is 2.03. The highest BCUT2D eigenvalue weighted by atomic mass is 16.6. The monoisotopic (exact) mass is 250 g/mol. The second-order valence-electron chi connectivity index (χ2n) is 7.65. The molecule has 2 aliphatic carbocycles. The standard InChI is InChI=1S/C16H26O2/c1-14(2)7-5-8-15(3)11(14)6-9-16(4)12(15)10-13(17)18-16/h6,12-13,17H,5,7-10H2,1-4H3/t12-,13?,15+,16-/m1/s1. The molecule has 1 heterocycles. The van der Waals surface area contributed by atoms with Crippen LogP contribution in [0.1, 0.15) is 59.8 Å². The van der Waals surface area contributed by atoms with E-state index in [1.807, 2.05) is 0 Å². The van der Waals surface area contributed by atoms with Crippen LogP contribution in [0, 0.1) is 16.7 Å². The topological polar surface area (TPSA) is 29.5 Å². The number of fused-ring (bicyclic) bond motifs is 3. The lowest BCUT2D eigenvalue weighted by Gasteiger charge is -2.55. The molecule has 18 heavy (non-hydrogen) atoms. The van der Waals surface area contributed by atoms with Gasteiger partial charge in [0.15, 0.2) is 6.29 Å². The average Bonchev–Trinajstić information content (AvgIpc) is 2.53. The van der Waals surface area contributed by atoms with Gasteiger partial charge in [-0.15, -0.1) is 0 Å². The maximum Gasteiger partial charge on any atom is 0.155 e. The summed E-state index contributed by atoms with van der Waals surface area (Å²) in [4.78, 5) is 0. The predicted molar refractivity (Wildman–Crippen MR) is 72.0 cm³/mol. The van der Waals surface area contributed by atoms with Gasteiger partial charge in [-0.1, -0.05) is 38.8 Å². The van der Waals surface area contributed by atoms with Gasteiger partial charge in [0, 0.05) is 12.3 Å². The Balaban J connectivity index is 2.06. The minimum atomic E-state index is -0.561. The molecule has 0 aromatic rings. The summed E-state index contributed by atoms with van der Waals surface area (Å²) < 4.78 is 5.85. The fourth-order valence-electron chi connectivity index (χ4n) is 5.13. The van der Waals surface area contributed by atoms with Crippen LogP contribution in [0.4, 0.5) is 0 Å². The molecule has 1 saturated heterocycles. The zero-order valence-corrected chi connectivity index (χ0v) is 12.1. The Morgan fingerprint density at radius 3 is 2.67 bits per heavy atom. The van der Waals surface area contributed by atoms with E-state index in [0.29, 0.717) is 11.3 Å². The molecule has 0 spiro atoms. The van der Waals surface area contributed by atoms with Crippen LogP contribution in [-0.4, -0.2) is 17.0 Å². The molecule has 0 radical (unpaired) electrons. The molecule has 2 fully saturated rings. The van der Waals surface area contributed by atoms with Crippen LogP contribution < -0.4 is 0 Å². The van der Waals surface area contributed by atoms with Crippen LogP contribution in [0.3, 0.4) is 0 Å². The Kier molecular flexibility index (Phi) is 2.54. The molecule has 1 saturated carbocycles. The van der Waals surface area contributed by atoms with Gasteiger partial charge in [-0.25, -0.2) is 0 Å². The molecule has 1 aliphatic heterocycles. The SMILES string of the molecule is CC1(C)CCC[C@@]2(C)C1=CC[C@@]1(C)OC(O)C[C@@H]12. The number of ether oxygens (including phenoxy) is 1. The van der Waals surface area contributed by atoms with Gasteiger partial charge in [0.05, 0.1) is 5.60 Å². The molecule has 2 nitrogen and oxygen atoms in total. The van der Waals surface area contributed by atoms with Crippen LogP contribution >= 0.6 is 0 Å². The number of aliphatic hydroxyl groups is 1. The lowest BCUT2D eigenvalue weighted by Crippen LogP contribution is -2.50. The Morgan fingerprint density at radius 1 is 1.22 bits per heavy atom. The molecule has 3 rings (SSSR count). The Bertz CT molecular complexity index is 398. The lowest BCUT2D eigenvalue weighted by molar-refractivity contribution is -0.143. The minimum Gasteiger partial charge on any atom is -0.368 e. The molecular formula is C16H26O2. The number of allylic oxidation sites excluding steroid dienone is 1. The first-order valence-corrected chi connectivity index (χ1v) is 7.35. The first kappa shape index (κ1) is 12.7. The van der Waals surface area contributed by atoms with Crippen molar-refractivity contribution in [2.24, 2.45) is 16.7 Å². The van der Waals surface area contributed by atoms with Crippen LogP contribution in [0.5, 0.6) is 0 Å². The number of aliphatic hydroxyl groups excluding tert-OH is 1. The number of rotatable bonds is 0. The molecule has 1 unspecified atom stereocenters. The van der Waals surface area contributed by atoms with Crippen molar-refractivity contribution >= 4 is 0 Å². The van der Waals surface area contributed by atoms with E-state index in [2.05, 4.69) is 33.8 Å². The second kappa shape index (κ2) is 3.61. The molecule has 3 aliphatic rings. The van der Waals surface area contributed by atoms with Crippen molar-refractivity contribution in [2.45, 2.75) is 71.7 Å². The third kappa shape index (κ3) is 1.55. The molecular weight excluding hydrogens is 224 g/mol. The van der Waals surface area contributed by atoms with E-state index in [4.69, 9.17) is 4.74 Å². The van der Waals surface area contributed by atoms with Crippen LogP contribution in [0.25, 0.3) is 0 Å². The maximum absolute atomic E-state index is 9.91. The lowest BCUT2D eigenvalue weighted by atomic mass is 9.50. The van der Waals surface area contributed by atoms with E-state index in [9.17, 15) is 5.11 Å². The van der Waals surface area contributed by atoms with Crippen molar-refractivity contribution in [1.82, 2.24) is 0 Å². The molecule has 0 aromatic heterocycles. The molecule has 102 valence electrons. The third-order valence-electron chi connectivity index (χ3n) is 5.90. The molecule has 0 amide bonds. The zero-order chi connectivity index (χ0) is 13.2. The first-order valence-electron chi connectivity index (χ1n) is 7.35. The second-order valence-corrected chi connectivity index (χ2v) is 7.65. The van der Waals surface area contributed by atoms with Crippen molar-refractivity contribution in [3.8, 4) is 0 Å². The highest BCUT2D eigenvalue weighted by Crippen LogP contribution is 2.63. The molecule has 2 heteroatoms. The minimum absolute atomic E-state index is 0.148. The van der Waals surface area contributed by atoms with E-state index in [1.165, 1.54) is 19.3 Å². The van der Waals surface area contributed by atoms with E-state index < -0.39 is 6.29 Å². The first-order chi connectivity index (χ1) is 8.28. The summed E-state index contributed by atoms with van der Waals surface area (Å²) in [6, 6.07) is 0. The zero-order valence-electron chi connectivity index (χ0n) is 12.1. The van der Waals surface area contributed by atoms with Crippen LogP contribution in [-0.2, 0) is 4.74 Å². The normalized spacial score (nSPS) is 50.4. The van der Waals surface area contributed by atoms with Gasteiger partial charge in [0.2, 0.25) is 0 Å². The summed E-state index contributed by atoms with van der Waals surface area (Å²) in [6.07, 6.45) is 7.47. The van der Waals surface area contributed by atoms with Crippen molar-refractivity contribution in [2.75, 3.05) is 0 Å². The summed E-state index contributed by atoms with van der Waals surface area (Å²) in [7, 11) is 0. The summed E-state index contributed by atoms with van der Waals surface area (Å²) >= 11 is 0. The van der Waals surface area contributed by atoms with Crippen molar-refractivity contribution in [3.05, 3.63) is 11.6 Å². The smallest absolute Gasteiger partial charge is 0.155 e. The van der Waals surface area contributed by atoms with Gasteiger partial charge in [-0.2, -0.15) is 0 Å². The number of hydrogen-bond acceptors (Lipinski definition) is 2. The average molecular weight is 250 g/mol. The van der Waals surface area contributed by atoms with Gasteiger partial charge < -0.3 is 9.84 Å². The molecule has 1 N–H and O–H groups in total. The van der Waals surface area contributed by atoms with Gasteiger partial charge in [0.1, 0.15) is 0 Å². The van der Waals surface area contributed by atoms with Gasteiger partial charge >= 0.3 is 0 Å². The molecule has 4 atom stereocenters. The quantitative estimate of drug-likeness (QED) is 0.665. The van der Waals surface area contributed by atoms with Crippen molar-refractivity contribution in [3.63, 3.8) is 0 Å². The third-order valence-corrected chi connectivity index (χ3v) is 5.90. The van der Waals surface area contributed by atoms with Crippen LogP contribution in [0.2, 0.25) is 0 Å². The van der Waals surface area contributed by atoms with Crippen molar-refractivity contribution in [1.29, 1.82) is 0 Å². The van der Waals surface area contributed by atoms with E-state index in [1.54, 1.807) is 5.57 Å². The van der Waals surface area contributed by atoms with E-state index in [0.717, 1.165) is 12.8 Å². The summed E-state index contributed by atoms with van der Waals surface area (Å²) in [6.45, 7) is 9.35. The maximum atomic E-state index is 9.91. The van der Waals surface area contributed by atoms with Gasteiger partial charge in [-0.05, 0) is 37.0 Å². The predicted octanol–water partition coefficient (Wildman–Crippen LogP) is 3.65. The van der Waals surface area contributed by atoms with E-state index in [-0.39, 0.29) is 11.0 Å². The molecule has 0 aromatic carbocycles.